The zero-order valence-corrected chi connectivity index (χ0v) is 13.4. The van der Waals surface area contributed by atoms with Crippen LogP contribution in [0.15, 0.2) is 36.9 Å². The number of ether oxygens (including phenoxy) is 1. The van der Waals surface area contributed by atoms with Gasteiger partial charge in [0.25, 0.3) is 5.91 Å². The van der Waals surface area contributed by atoms with Gasteiger partial charge in [0.2, 0.25) is 0 Å². The Balaban J connectivity index is 1.73. The number of hydrogen-bond donors (Lipinski definition) is 0. The summed E-state index contributed by atoms with van der Waals surface area (Å²) in [6, 6.07) is 7.53. The van der Waals surface area contributed by atoms with Crippen LogP contribution in [0.2, 0.25) is 0 Å². The Morgan fingerprint density at radius 2 is 2.17 bits per heavy atom. The highest BCUT2D eigenvalue weighted by Gasteiger charge is 2.21. The van der Waals surface area contributed by atoms with Crippen LogP contribution in [0.4, 0.5) is 0 Å². The summed E-state index contributed by atoms with van der Waals surface area (Å²) in [5.74, 6) is 0.0385. The van der Waals surface area contributed by atoms with Gasteiger partial charge < -0.3 is 9.64 Å². The Hall–Kier alpha value is -2.21. The molecule has 1 aliphatic heterocycles. The Kier molecular flexibility index (Phi) is 5.02. The van der Waals surface area contributed by atoms with Crippen molar-refractivity contribution in [3.8, 4) is 5.69 Å². The lowest BCUT2D eigenvalue weighted by atomic mass is 10.1. The normalized spacial score (nSPS) is 17.9. The van der Waals surface area contributed by atoms with Crippen molar-refractivity contribution < 1.29 is 9.53 Å². The topological polar surface area (TPSA) is 60.2 Å². The van der Waals surface area contributed by atoms with Crippen LogP contribution in [0.5, 0.6) is 0 Å². The monoisotopic (exact) mass is 314 g/mol. The molecule has 1 aromatic heterocycles. The fourth-order valence-corrected chi connectivity index (χ4v) is 2.87. The molecule has 0 N–H and O–H groups in total. The number of rotatable bonds is 5. The van der Waals surface area contributed by atoms with Crippen LogP contribution < -0.4 is 0 Å². The van der Waals surface area contributed by atoms with Gasteiger partial charge >= 0.3 is 0 Å². The fourth-order valence-electron chi connectivity index (χ4n) is 2.87. The van der Waals surface area contributed by atoms with Crippen LogP contribution >= 0.6 is 0 Å². The van der Waals surface area contributed by atoms with E-state index in [9.17, 15) is 4.79 Å². The van der Waals surface area contributed by atoms with Crippen molar-refractivity contribution in [2.45, 2.75) is 32.3 Å². The molecule has 23 heavy (non-hydrogen) atoms. The van der Waals surface area contributed by atoms with Crippen molar-refractivity contribution >= 4 is 5.91 Å². The minimum absolute atomic E-state index is 0.0385. The van der Waals surface area contributed by atoms with E-state index in [4.69, 9.17) is 4.74 Å². The van der Waals surface area contributed by atoms with Crippen molar-refractivity contribution in [1.29, 1.82) is 0 Å². The lowest BCUT2D eigenvalue weighted by molar-refractivity contribution is -0.00311. The zero-order valence-electron chi connectivity index (χ0n) is 13.4. The number of hydrogen-bond acceptors (Lipinski definition) is 4. The predicted molar refractivity (Wildman–Crippen MR) is 86.5 cm³/mol. The average molecular weight is 314 g/mol. The number of carbonyl (C=O) groups is 1. The first-order valence-electron chi connectivity index (χ1n) is 8.14. The van der Waals surface area contributed by atoms with E-state index in [1.165, 1.54) is 6.42 Å². The van der Waals surface area contributed by atoms with Gasteiger partial charge in [-0.1, -0.05) is 6.07 Å². The second-order valence-corrected chi connectivity index (χ2v) is 5.75. The van der Waals surface area contributed by atoms with Gasteiger partial charge in [-0.05, 0) is 44.4 Å². The summed E-state index contributed by atoms with van der Waals surface area (Å²) in [4.78, 5) is 14.7. The lowest BCUT2D eigenvalue weighted by Crippen LogP contribution is -2.39. The number of amides is 1. The van der Waals surface area contributed by atoms with Gasteiger partial charge in [0, 0.05) is 30.9 Å². The second kappa shape index (κ2) is 7.37. The molecule has 0 unspecified atom stereocenters. The summed E-state index contributed by atoms with van der Waals surface area (Å²) < 4.78 is 7.55. The van der Waals surface area contributed by atoms with Crippen LogP contribution in [-0.2, 0) is 4.74 Å². The first-order chi connectivity index (χ1) is 11.3. The zero-order chi connectivity index (χ0) is 16.1. The highest BCUT2D eigenvalue weighted by Crippen LogP contribution is 2.16. The van der Waals surface area contributed by atoms with E-state index in [1.807, 2.05) is 36.1 Å². The van der Waals surface area contributed by atoms with Crippen molar-refractivity contribution in [1.82, 2.24) is 19.7 Å². The summed E-state index contributed by atoms with van der Waals surface area (Å²) in [6.07, 6.45) is 6.74. The molecule has 1 amide bonds. The van der Waals surface area contributed by atoms with E-state index in [2.05, 4.69) is 10.2 Å². The summed E-state index contributed by atoms with van der Waals surface area (Å²) in [6.45, 7) is 4.14. The lowest BCUT2D eigenvalue weighted by Gasteiger charge is -2.29. The molecule has 6 heteroatoms. The van der Waals surface area contributed by atoms with Crippen LogP contribution in [0, 0.1) is 0 Å². The summed E-state index contributed by atoms with van der Waals surface area (Å²) in [5, 5.41) is 7.61. The van der Waals surface area contributed by atoms with Crippen LogP contribution in [0.25, 0.3) is 5.69 Å². The van der Waals surface area contributed by atoms with Gasteiger partial charge in [-0.3, -0.25) is 9.36 Å². The fraction of sp³-hybridized carbons (Fsp3) is 0.471. The van der Waals surface area contributed by atoms with E-state index >= 15 is 0 Å². The maximum Gasteiger partial charge on any atom is 0.254 e. The Bertz CT molecular complexity index is 636. The second-order valence-electron chi connectivity index (χ2n) is 5.75. The molecule has 1 fully saturated rings. The standard InChI is InChI=1S/C17H22N4O2/c1-2-20(11-16-8-3-4-9-23-16)17(22)14-6-5-7-15(10-14)21-12-18-19-13-21/h5-7,10,12-13,16H,2-4,8-9,11H2,1H3/t16-/m1/s1. The van der Waals surface area contributed by atoms with Gasteiger partial charge in [0.05, 0.1) is 6.10 Å². The molecular weight excluding hydrogens is 292 g/mol. The molecule has 1 saturated heterocycles. The third kappa shape index (κ3) is 3.76. The third-order valence-electron chi connectivity index (χ3n) is 4.18. The predicted octanol–water partition coefficient (Wildman–Crippen LogP) is 2.30. The largest absolute Gasteiger partial charge is 0.376 e. The Labute approximate surface area is 136 Å². The minimum Gasteiger partial charge on any atom is -0.376 e. The number of carbonyl (C=O) groups excluding carboxylic acids is 1. The van der Waals surface area contributed by atoms with Gasteiger partial charge in [0.15, 0.2) is 0 Å². The van der Waals surface area contributed by atoms with Crippen molar-refractivity contribution in [3.05, 3.63) is 42.5 Å². The molecule has 2 heterocycles. The van der Waals surface area contributed by atoms with E-state index < -0.39 is 0 Å². The highest BCUT2D eigenvalue weighted by molar-refractivity contribution is 5.94. The molecule has 1 aromatic carbocycles. The van der Waals surface area contributed by atoms with Crippen molar-refractivity contribution in [2.24, 2.45) is 0 Å². The van der Waals surface area contributed by atoms with E-state index in [0.29, 0.717) is 18.7 Å². The summed E-state index contributed by atoms with van der Waals surface area (Å²) in [7, 11) is 0. The Morgan fingerprint density at radius 1 is 1.35 bits per heavy atom. The SMILES string of the molecule is CCN(C[C@H]1CCCCO1)C(=O)c1cccc(-n2cnnc2)c1. The number of benzene rings is 1. The molecule has 2 aromatic rings. The highest BCUT2D eigenvalue weighted by atomic mass is 16.5. The first kappa shape index (κ1) is 15.7. The molecule has 6 nitrogen and oxygen atoms in total. The molecular formula is C17H22N4O2. The average Bonchev–Trinajstić information content (AvgIpc) is 3.15. The van der Waals surface area contributed by atoms with E-state index in [0.717, 1.165) is 25.1 Å². The maximum atomic E-state index is 12.8. The quantitative estimate of drug-likeness (QED) is 0.849. The number of likely N-dealkylation sites (N-methyl/N-ethyl adjacent to an activating group) is 1. The summed E-state index contributed by atoms with van der Waals surface area (Å²) in [5.41, 5.74) is 1.56. The molecule has 122 valence electrons. The van der Waals surface area contributed by atoms with Gasteiger partial charge in [-0.25, -0.2) is 0 Å². The van der Waals surface area contributed by atoms with Gasteiger partial charge in [-0.2, -0.15) is 0 Å². The van der Waals surface area contributed by atoms with Gasteiger partial charge in [0.1, 0.15) is 12.7 Å². The smallest absolute Gasteiger partial charge is 0.254 e. The molecule has 0 saturated carbocycles. The molecule has 1 atom stereocenters. The number of aromatic nitrogens is 3. The van der Waals surface area contributed by atoms with Crippen LogP contribution in [0.1, 0.15) is 36.5 Å². The third-order valence-corrected chi connectivity index (χ3v) is 4.18. The first-order valence-corrected chi connectivity index (χ1v) is 8.14. The van der Waals surface area contributed by atoms with E-state index in [1.54, 1.807) is 17.2 Å². The molecule has 1 aliphatic rings. The molecule has 0 radical (unpaired) electrons. The minimum atomic E-state index is 0.0385. The maximum absolute atomic E-state index is 12.8. The van der Waals surface area contributed by atoms with E-state index in [-0.39, 0.29) is 12.0 Å². The van der Waals surface area contributed by atoms with Crippen molar-refractivity contribution in [3.63, 3.8) is 0 Å². The molecule has 0 bridgehead atoms. The number of nitrogens with zero attached hydrogens (tertiary/aromatic N) is 4. The van der Waals surface area contributed by atoms with Crippen LogP contribution in [-0.4, -0.2) is 51.4 Å². The van der Waals surface area contributed by atoms with Crippen molar-refractivity contribution in [2.75, 3.05) is 19.7 Å². The molecule has 0 spiro atoms. The summed E-state index contributed by atoms with van der Waals surface area (Å²) >= 11 is 0. The Morgan fingerprint density at radius 3 is 2.87 bits per heavy atom. The molecule has 3 rings (SSSR count). The van der Waals surface area contributed by atoms with Crippen LogP contribution in [0.3, 0.4) is 0 Å². The van der Waals surface area contributed by atoms with Gasteiger partial charge in [-0.15, -0.1) is 10.2 Å². The molecule has 0 aliphatic carbocycles.